The zero-order valence-corrected chi connectivity index (χ0v) is 11.0. The predicted octanol–water partition coefficient (Wildman–Crippen LogP) is 0.996. The van der Waals surface area contributed by atoms with Gasteiger partial charge >= 0.3 is 0 Å². The van der Waals surface area contributed by atoms with E-state index in [2.05, 4.69) is 15.5 Å². The maximum Gasteiger partial charge on any atom is 0.131 e. The summed E-state index contributed by atoms with van der Waals surface area (Å²) in [5, 5.41) is 13.7. The van der Waals surface area contributed by atoms with Gasteiger partial charge in [-0.25, -0.2) is 0 Å². The number of nitrogens with one attached hydrogen (secondary N) is 1. The van der Waals surface area contributed by atoms with Gasteiger partial charge in [-0.05, 0) is 12.8 Å². The van der Waals surface area contributed by atoms with E-state index in [0.29, 0.717) is 6.10 Å². The molecule has 1 N–H and O–H groups in total. The third-order valence-corrected chi connectivity index (χ3v) is 3.64. The standard InChI is InChI=1S/C11H19N3O2S/c1-15-6-4-12-8-11-14-13-10(17-11)7-9-3-2-5-16-9/h9,12H,2-8H2,1H3. The molecule has 96 valence electrons. The SMILES string of the molecule is COCCNCc1nnc(CC2CCCO2)s1. The lowest BCUT2D eigenvalue weighted by atomic mass is 10.2. The average Bonchev–Trinajstić information content (AvgIpc) is 2.97. The first-order chi connectivity index (χ1) is 8.38. The lowest BCUT2D eigenvalue weighted by molar-refractivity contribution is 0.111. The van der Waals surface area contributed by atoms with Crippen LogP contribution >= 0.6 is 11.3 Å². The van der Waals surface area contributed by atoms with E-state index in [1.54, 1.807) is 18.4 Å². The van der Waals surface area contributed by atoms with Gasteiger partial charge in [-0.3, -0.25) is 0 Å². The second-order valence-electron chi connectivity index (χ2n) is 4.10. The van der Waals surface area contributed by atoms with Gasteiger partial charge in [-0.15, -0.1) is 21.5 Å². The largest absolute Gasteiger partial charge is 0.383 e. The molecule has 0 radical (unpaired) electrons. The van der Waals surface area contributed by atoms with Gasteiger partial charge in [-0.2, -0.15) is 0 Å². The summed E-state index contributed by atoms with van der Waals surface area (Å²) in [6.45, 7) is 3.24. The van der Waals surface area contributed by atoms with Gasteiger partial charge < -0.3 is 14.8 Å². The van der Waals surface area contributed by atoms with E-state index in [1.165, 1.54) is 6.42 Å². The van der Waals surface area contributed by atoms with Crippen molar-refractivity contribution in [2.75, 3.05) is 26.9 Å². The summed E-state index contributed by atoms with van der Waals surface area (Å²) < 4.78 is 10.5. The number of rotatable bonds is 7. The fourth-order valence-electron chi connectivity index (χ4n) is 1.81. The molecule has 1 fully saturated rings. The second kappa shape index (κ2) is 7.00. The van der Waals surface area contributed by atoms with Crippen LogP contribution in [0, 0.1) is 0 Å². The normalized spacial score (nSPS) is 19.9. The van der Waals surface area contributed by atoms with Crippen LogP contribution in [0.3, 0.4) is 0 Å². The molecule has 6 heteroatoms. The summed E-state index contributed by atoms with van der Waals surface area (Å²) in [6, 6.07) is 0. The Morgan fingerprint density at radius 2 is 2.35 bits per heavy atom. The zero-order chi connectivity index (χ0) is 11.9. The van der Waals surface area contributed by atoms with Crippen LogP contribution in [0.1, 0.15) is 22.9 Å². The molecular formula is C11H19N3O2S. The molecule has 1 atom stereocenters. The van der Waals surface area contributed by atoms with Crippen molar-refractivity contribution in [3.63, 3.8) is 0 Å². The fourth-order valence-corrected chi connectivity index (χ4v) is 2.69. The molecule has 5 nitrogen and oxygen atoms in total. The third kappa shape index (κ3) is 4.31. The van der Waals surface area contributed by atoms with E-state index >= 15 is 0 Å². The van der Waals surface area contributed by atoms with Gasteiger partial charge in [0.15, 0.2) is 0 Å². The van der Waals surface area contributed by atoms with Crippen LogP contribution in [0.4, 0.5) is 0 Å². The molecule has 1 aliphatic heterocycles. The average molecular weight is 257 g/mol. The molecule has 1 saturated heterocycles. The van der Waals surface area contributed by atoms with Crippen molar-refractivity contribution in [1.82, 2.24) is 15.5 Å². The molecule has 1 aromatic heterocycles. The molecule has 2 heterocycles. The highest BCUT2D eigenvalue weighted by Crippen LogP contribution is 2.19. The highest BCUT2D eigenvalue weighted by Gasteiger charge is 2.18. The lowest BCUT2D eigenvalue weighted by Crippen LogP contribution is -2.18. The number of hydrogen-bond donors (Lipinski definition) is 1. The molecule has 0 spiro atoms. The Morgan fingerprint density at radius 3 is 3.12 bits per heavy atom. The molecular weight excluding hydrogens is 238 g/mol. The minimum Gasteiger partial charge on any atom is -0.383 e. The predicted molar refractivity (Wildman–Crippen MR) is 66.2 cm³/mol. The Morgan fingerprint density at radius 1 is 1.47 bits per heavy atom. The highest BCUT2D eigenvalue weighted by atomic mass is 32.1. The molecule has 17 heavy (non-hydrogen) atoms. The van der Waals surface area contributed by atoms with Gasteiger partial charge in [0, 0.05) is 33.2 Å². The van der Waals surface area contributed by atoms with Crippen molar-refractivity contribution in [3.8, 4) is 0 Å². The summed E-state index contributed by atoms with van der Waals surface area (Å²) in [5.74, 6) is 0. The monoisotopic (exact) mass is 257 g/mol. The van der Waals surface area contributed by atoms with Crippen LogP contribution in [0.15, 0.2) is 0 Å². The first-order valence-electron chi connectivity index (χ1n) is 6.01. The third-order valence-electron chi connectivity index (χ3n) is 2.69. The van der Waals surface area contributed by atoms with E-state index < -0.39 is 0 Å². The van der Waals surface area contributed by atoms with E-state index in [4.69, 9.17) is 9.47 Å². The molecule has 0 aromatic carbocycles. The lowest BCUT2D eigenvalue weighted by Gasteiger charge is -2.04. The minimum absolute atomic E-state index is 0.359. The van der Waals surface area contributed by atoms with E-state index in [-0.39, 0.29) is 0 Å². The Hall–Kier alpha value is -0.560. The van der Waals surface area contributed by atoms with Crippen LogP contribution < -0.4 is 5.32 Å². The maximum absolute atomic E-state index is 5.59. The highest BCUT2D eigenvalue weighted by molar-refractivity contribution is 7.11. The van der Waals surface area contributed by atoms with Gasteiger partial charge in [-0.1, -0.05) is 0 Å². The summed E-state index contributed by atoms with van der Waals surface area (Å²) in [5.41, 5.74) is 0. The zero-order valence-electron chi connectivity index (χ0n) is 10.1. The van der Waals surface area contributed by atoms with Crippen molar-refractivity contribution in [3.05, 3.63) is 10.0 Å². The molecule has 0 amide bonds. The molecule has 1 aromatic rings. The number of ether oxygens (including phenoxy) is 2. The van der Waals surface area contributed by atoms with Gasteiger partial charge in [0.2, 0.25) is 0 Å². The minimum atomic E-state index is 0.359. The van der Waals surface area contributed by atoms with Crippen molar-refractivity contribution in [2.24, 2.45) is 0 Å². The number of methoxy groups -OCH3 is 1. The van der Waals surface area contributed by atoms with Crippen LogP contribution in [-0.2, 0) is 22.4 Å². The topological polar surface area (TPSA) is 56.3 Å². The second-order valence-corrected chi connectivity index (χ2v) is 5.24. The first-order valence-corrected chi connectivity index (χ1v) is 6.82. The number of aromatic nitrogens is 2. The molecule has 0 aliphatic carbocycles. The number of hydrogen-bond acceptors (Lipinski definition) is 6. The Labute approximate surface area is 106 Å². The summed E-state index contributed by atoms with van der Waals surface area (Å²) >= 11 is 1.67. The summed E-state index contributed by atoms with van der Waals surface area (Å²) in [7, 11) is 1.70. The first kappa shape index (κ1) is 12.9. The van der Waals surface area contributed by atoms with Crippen LogP contribution in [0.25, 0.3) is 0 Å². The van der Waals surface area contributed by atoms with Crippen molar-refractivity contribution < 1.29 is 9.47 Å². The maximum atomic E-state index is 5.59. The Bertz CT molecular complexity index is 326. The summed E-state index contributed by atoms with van der Waals surface area (Å²) in [6.07, 6.45) is 3.60. The molecule has 0 bridgehead atoms. The molecule has 0 saturated carbocycles. The van der Waals surface area contributed by atoms with E-state index in [1.807, 2.05) is 0 Å². The molecule has 1 unspecified atom stereocenters. The van der Waals surface area contributed by atoms with E-state index in [9.17, 15) is 0 Å². The van der Waals surface area contributed by atoms with Gasteiger partial charge in [0.1, 0.15) is 10.0 Å². The Kier molecular flexibility index (Phi) is 5.31. The van der Waals surface area contributed by atoms with Crippen LogP contribution in [-0.4, -0.2) is 43.2 Å². The number of nitrogens with zero attached hydrogens (tertiary/aromatic N) is 2. The fraction of sp³-hybridized carbons (Fsp3) is 0.818. The van der Waals surface area contributed by atoms with Crippen molar-refractivity contribution in [1.29, 1.82) is 0 Å². The van der Waals surface area contributed by atoms with Crippen molar-refractivity contribution in [2.45, 2.75) is 31.9 Å². The van der Waals surface area contributed by atoms with Crippen molar-refractivity contribution >= 4 is 11.3 Å². The quantitative estimate of drug-likeness (QED) is 0.738. The smallest absolute Gasteiger partial charge is 0.131 e. The summed E-state index contributed by atoms with van der Waals surface area (Å²) in [4.78, 5) is 0. The van der Waals surface area contributed by atoms with Gasteiger partial charge in [0.05, 0.1) is 12.7 Å². The van der Waals surface area contributed by atoms with E-state index in [0.717, 1.165) is 49.2 Å². The van der Waals surface area contributed by atoms with Gasteiger partial charge in [0.25, 0.3) is 0 Å². The Balaban J connectivity index is 1.71. The molecule has 1 aliphatic rings. The van der Waals surface area contributed by atoms with Crippen LogP contribution in [0.5, 0.6) is 0 Å². The molecule has 2 rings (SSSR count). The van der Waals surface area contributed by atoms with Crippen LogP contribution in [0.2, 0.25) is 0 Å².